The van der Waals surface area contributed by atoms with E-state index in [0.29, 0.717) is 23.0 Å². The van der Waals surface area contributed by atoms with Gasteiger partial charge in [-0.05, 0) is 72.0 Å². The largest absolute Gasteiger partial charge is 0.490 e. The van der Waals surface area contributed by atoms with Crippen LogP contribution in [0.3, 0.4) is 0 Å². The average Bonchev–Trinajstić information content (AvgIpc) is 3.45. The topological polar surface area (TPSA) is 159 Å². The van der Waals surface area contributed by atoms with Crippen molar-refractivity contribution in [3.8, 4) is 11.4 Å². The highest BCUT2D eigenvalue weighted by Crippen LogP contribution is 2.32. The number of carboxylic acid groups (broad SMARTS) is 2. The highest BCUT2D eigenvalue weighted by molar-refractivity contribution is 5.93. The number of hydrogen-bond acceptors (Lipinski definition) is 8. The number of carbonyl (C=O) groups is 2. The zero-order valence-corrected chi connectivity index (χ0v) is 27.4. The summed E-state index contributed by atoms with van der Waals surface area (Å²) in [4.78, 5) is 28.9. The van der Waals surface area contributed by atoms with Gasteiger partial charge in [0.05, 0.1) is 0 Å². The van der Waals surface area contributed by atoms with Gasteiger partial charge in [-0.3, -0.25) is 4.68 Å². The van der Waals surface area contributed by atoms with Gasteiger partial charge >= 0.3 is 24.3 Å². The highest BCUT2D eigenvalue weighted by Gasteiger charge is 2.39. The molecule has 272 valence electrons. The third-order valence-electron chi connectivity index (χ3n) is 7.07. The number of pyridine rings is 1. The van der Waals surface area contributed by atoms with Crippen LogP contribution in [0.5, 0.6) is 0 Å². The van der Waals surface area contributed by atoms with Gasteiger partial charge in [0.1, 0.15) is 17.7 Å². The predicted octanol–water partition coefficient (Wildman–Crippen LogP) is 6.85. The number of fused-ring (bicyclic) bond motifs is 1. The maximum atomic E-state index is 15.3. The minimum atomic E-state index is -5.08. The Kier molecular flexibility index (Phi) is 12.5. The van der Waals surface area contributed by atoms with Gasteiger partial charge in [-0.1, -0.05) is 19.1 Å². The summed E-state index contributed by atoms with van der Waals surface area (Å²) in [6, 6.07) is 20.4. The van der Waals surface area contributed by atoms with Crippen LogP contribution in [0.1, 0.15) is 29.9 Å². The van der Waals surface area contributed by atoms with E-state index < -0.39 is 30.3 Å². The lowest BCUT2D eigenvalue weighted by Crippen LogP contribution is -2.21. The van der Waals surface area contributed by atoms with E-state index in [9.17, 15) is 26.3 Å². The van der Waals surface area contributed by atoms with Crippen LogP contribution < -0.4 is 16.0 Å². The Morgan fingerprint density at radius 2 is 1.51 bits per heavy atom. The first-order valence-electron chi connectivity index (χ1n) is 14.7. The van der Waals surface area contributed by atoms with E-state index in [0.717, 1.165) is 39.7 Å². The lowest BCUT2D eigenvalue weighted by atomic mass is 10.0. The summed E-state index contributed by atoms with van der Waals surface area (Å²) < 4.78 is 80.5. The molecule has 0 radical (unpaired) electrons. The Morgan fingerprint density at radius 1 is 0.922 bits per heavy atom. The summed E-state index contributed by atoms with van der Waals surface area (Å²) in [5.41, 5.74) is 10.4. The second-order valence-electron chi connectivity index (χ2n) is 10.9. The van der Waals surface area contributed by atoms with Gasteiger partial charge in [-0.15, -0.1) is 0 Å². The van der Waals surface area contributed by atoms with Gasteiger partial charge in [0, 0.05) is 55.2 Å². The van der Waals surface area contributed by atoms with Crippen molar-refractivity contribution < 1.29 is 50.5 Å². The number of carboxylic acids is 2. The summed E-state index contributed by atoms with van der Waals surface area (Å²) in [6.45, 7) is 2.05. The number of aliphatic carboxylic acids is 2. The second kappa shape index (κ2) is 16.2. The van der Waals surface area contributed by atoms with Gasteiger partial charge in [-0.2, -0.15) is 31.4 Å². The normalized spacial score (nSPS) is 11.8. The third kappa shape index (κ3) is 10.5. The quantitative estimate of drug-likeness (QED) is 0.131. The van der Waals surface area contributed by atoms with Crippen molar-refractivity contribution in [2.45, 2.75) is 31.7 Å². The van der Waals surface area contributed by atoms with E-state index in [2.05, 4.69) is 22.3 Å². The zero-order chi connectivity index (χ0) is 38.3. The summed E-state index contributed by atoms with van der Waals surface area (Å²) in [7, 11) is 5.83. The summed E-state index contributed by atoms with van der Waals surface area (Å²) in [5.74, 6) is -4.16. The number of aryl methyl sites for hydroxylation is 2. The second-order valence-corrected chi connectivity index (χ2v) is 10.9. The van der Waals surface area contributed by atoms with Crippen molar-refractivity contribution in [1.82, 2.24) is 19.7 Å². The number of benzene rings is 3. The maximum absolute atomic E-state index is 15.3. The fraction of sp³-hybridized carbons (Fsp3) is 0.242. The minimum Gasteiger partial charge on any atom is -0.475 e. The summed E-state index contributed by atoms with van der Waals surface area (Å²) in [6.07, 6.45) is -7.69. The molecule has 0 fully saturated rings. The standard InChI is InChI=1S/C29H30FN7.2C2HF3O2/c1-5-18-6-13-25(30)24(16-18)26(33-21-9-12-23-20(17-21)14-15-32-27(23)31)29-34-28(35-37(29)4)19-7-10-22(11-8-19)36(2)3;2*3-2(4,5)1(6)7/h6-17,26,33H,5H2,1-4H3,(H2,31,32);2*(H,6,7). The summed E-state index contributed by atoms with van der Waals surface area (Å²) >= 11 is 0. The Balaban J connectivity index is 0.000000424. The Morgan fingerprint density at radius 3 is 2.04 bits per heavy atom. The zero-order valence-electron chi connectivity index (χ0n) is 27.4. The molecule has 5 N–H and O–H groups in total. The monoisotopic (exact) mass is 723 g/mol. The number of hydrogen-bond donors (Lipinski definition) is 4. The molecule has 0 aliphatic rings. The van der Waals surface area contributed by atoms with Gasteiger partial charge in [0.2, 0.25) is 0 Å². The molecular weight excluding hydrogens is 691 g/mol. The Labute approximate surface area is 286 Å². The molecule has 0 aliphatic heterocycles. The summed E-state index contributed by atoms with van der Waals surface area (Å²) in [5, 5.41) is 24.3. The Bertz CT molecular complexity index is 1960. The van der Waals surface area contributed by atoms with E-state index in [4.69, 9.17) is 30.5 Å². The van der Waals surface area contributed by atoms with Gasteiger partial charge in [0.15, 0.2) is 11.6 Å². The van der Waals surface area contributed by atoms with Crippen LogP contribution in [0.4, 0.5) is 47.9 Å². The van der Waals surface area contributed by atoms with E-state index in [1.165, 1.54) is 6.07 Å². The van der Waals surface area contributed by atoms with Gasteiger partial charge in [-0.25, -0.2) is 23.9 Å². The molecule has 11 nitrogen and oxygen atoms in total. The average molecular weight is 724 g/mol. The lowest BCUT2D eigenvalue weighted by Gasteiger charge is -2.21. The van der Waals surface area contributed by atoms with Crippen molar-refractivity contribution in [3.63, 3.8) is 0 Å². The lowest BCUT2D eigenvalue weighted by molar-refractivity contribution is -0.193. The first-order chi connectivity index (χ1) is 23.7. The molecule has 0 spiro atoms. The van der Waals surface area contributed by atoms with E-state index in [-0.39, 0.29) is 5.82 Å². The molecule has 0 saturated carbocycles. The number of nitrogen functional groups attached to an aromatic ring is 1. The SMILES string of the molecule is CCc1ccc(F)c(C(Nc2ccc3c(N)nccc3c2)c2nc(-c3ccc(N(C)C)cc3)nn2C)c1.O=C(O)C(F)(F)F.O=C(O)C(F)(F)F. The molecule has 3 aromatic carbocycles. The van der Waals surface area contributed by atoms with E-state index >= 15 is 4.39 Å². The van der Waals surface area contributed by atoms with Crippen LogP contribution in [0.25, 0.3) is 22.2 Å². The van der Waals surface area contributed by atoms with Crippen molar-refractivity contribution in [1.29, 1.82) is 0 Å². The molecule has 0 aliphatic carbocycles. The van der Waals surface area contributed by atoms with Gasteiger partial charge < -0.3 is 26.2 Å². The fourth-order valence-electron chi connectivity index (χ4n) is 4.45. The van der Waals surface area contributed by atoms with Crippen LogP contribution in [0.2, 0.25) is 0 Å². The van der Waals surface area contributed by atoms with Crippen molar-refractivity contribution in [3.05, 3.63) is 95.7 Å². The number of nitrogens with two attached hydrogens (primary N) is 1. The molecule has 5 rings (SSSR count). The van der Waals surface area contributed by atoms with Crippen LogP contribution in [-0.4, -0.2) is 68.3 Å². The minimum absolute atomic E-state index is 0.302. The van der Waals surface area contributed by atoms with Crippen LogP contribution >= 0.6 is 0 Å². The molecule has 0 amide bonds. The number of aromatic nitrogens is 4. The third-order valence-corrected chi connectivity index (χ3v) is 7.07. The van der Waals surface area contributed by atoms with Crippen molar-refractivity contribution >= 4 is 39.9 Å². The molecular formula is C33H32F7N7O4. The molecule has 0 bridgehead atoms. The first-order valence-corrected chi connectivity index (χ1v) is 14.7. The maximum Gasteiger partial charge on any atom is 0.490 e. The molecule has 1 unspecified atom stereocenters. The van der Waals surface area contributed by atoms with Crippen molar-refractivity contribution in [2.24, 2.45) is 7.05 Å². The number of rotatable bonds is 7. The molecule has 1 atom stereocenters. The number of nitrogens with zero attached hydrogens (tertiary/aromatic N) is 5. The number of nitrogens with one attached hydrogen (secondary N) is 1. The number of alkyl halides is 6. The van der Waals surface area contributed by atoms with Crippen LogP contribution in [0, 0.1) is 5.82 Å². The molecule has 51 heavy (non-hydrogen) atoms. The number of anilines is 3. The molecule has 5 aromatic rings. The molecule has 2 aromatic heterocycles. The van der Waals surface area contributed by atoms with E-state index in [1.54, 1.807) is 10.9 Å². The Hall–Kier alpha value is -5.94. The predicted molar refractivity (Wildman–Crippen MR) is 176 cm³/mol. The van der Waals surface area contributed by atoms with Gasteiger partial charge in [0.25, 0.3) is 0 Å². The highest BCUT2D eigenvalue weighted by atomic mass is 19.4. The number of halogens is 7. The first kappa shape index (κ1) is 39.5. The fourth-order valence-corrected chi connectivity index (χ4v) is 4.45. The van der Waals surface area contributed by atoms with E-state index in [1.807, 2.05) is 86.7 Å². The van der Waals surface area contributed by atoms with Crippen LogP contribution in [-0.2, 0) is 23.1 Å². The molecule has 18 heteroatoms. The smallest absolute Gasteiger partial charge is 0.475 e. The van der Waals surface area contributed by atoms with Crippen molar-refractivity contribution in [2.75, 3.05) is 30.0 Å². The van der Waals surface area contributed by atoms with Crippen LogP contribution in [0.15, 0.2) is 72.9 Å². The molecule has 0 saturated heterocycles. The molecule has 2 heterocycles.